The van der Waals surface area contributed by atoms with Gasteiger partial charge in [0.15, 0.2) is 0 Å². The van der Waals surface area contributed by atoms with Gasteiger partial charge in [-0.15, -0.1) is 11.3 Å². The Bertz CT molecular complexity index is 689. The first-order chi connectivity index (χ1) is 8.90. The van der Waals surface area contributed by atoms with Crippen molar-refractivity contribution in [3.63, 3.8) is 0 Å². The molecule has 1 atom stereocenters. The summed E-state index contributed by atoms with van der Waals surface area (Å²) in [4.78, 5) is 31.5. The van der Waals surface area contributed by atoms with Crippen molar-refractivity contribution >= 4 is 27.5 Å². The molecular weight excluding hydrogens is 266 g/mol. The van der Waals surface area contributed by atoms with Crippen molar-refractivity contribution in [2.24, 2.45) is 0 Å². The van der Waals surface area contributed by atoms with Gasteiger partial charge in [-0.1, -0.05) is 0 Å². The Morgan fingerprint density at radius 3 is 2.84 bits per heavy atom. The number of hydrogen-bond donors (Lipinski definition) is 3. The molecule has 2 rings (SSSR count). The predicted octanol–water partition coefficient (Wildman–Crippen LogP) is 1.16. The molecule has 0 spiro atoms. The number of fused-ring (bicyclic) bond motifs is 1. The van der Waals surface area contributed by atoms with Gasteiger partial charge in [0.2, 0.25) is 0 Å². The number of aromatic nitrogens is 2. The molecule has 0 radical (unpaired) electrons. The molecule has 2 aromatic heterocycles. The van der Waals surface area contributed by atoms with Crippen LogP contribution < -0.4 is 10.9 Å². The highest BCUT2D eigenvalue weighted by Gasteiger charge is 2.13. The molecule has 7 heteroatoms. The largest absolute Gasteiger partial charge is 0.480 e. The molecule has 19 heavy (non-hydrogen) atoms. The fraction of sp³-hybridized carbons (Fsp3) is 0.417. The Morgan fingerprint density at radius 1 is 1.53 bits per heavy atom. The van der Waals surface area contributed by atoms with E-state index in [1.807, 2.05) is 13.8 Å². The van der Waals surface area contributed by atoms with Gasteiger partial charge in [-0.2, -0.15) is 0 Å². The summed E-state index contributed by atoms with van der Waals surface area (Å²) in [6.45, 7) is 5.61. The molecule has 0 aromatic carbocycles. The van der Waals surface area contributed by atoms with Crippen molar-refractivity contribution in [1.82, 2.24) is 15.3 Å². The molecule has 0 saturated heterocycles. The summed E-state index contributed by atoms with van der Waals surface area (Å²) in [6, 6.07) is -0.687. The van der Waals surface area contributed by atoms with E-state index in [-0.39, 0.29) is 12.1 Å². The molecule has 102 valence electrons. The maximum atomic E-state index is 12.0. The monoisotopic (exact) mass is 281 g/mol. The van der Waals surface area contributed by atoms with Crippen molar-refractivity contribution in [3.8, 4) is 0 Å². The lowest BCUT2D eigenvalue weighted by Crippen LogP contribution is -2.34. The van der Waals surface area contributed by atoms with Crippen LogP contribution in [-0.2, 0) is 11.3 Å². The topological polar surface area (TPSA) is 95.1 Å². The number of carboxylic acid groups (broad SMARTS) is 1. The van der Waals surface area contributed by atoms with Gasteiger partial charge in [-0.25, -0.2) is 4.98 Å². The first-order valence-electron chi connectivity index (χ1n) is 5.85. The maximum absolute atomic E-state index is 12.0. The Labute approximate surface area is 113 Å². The summed E-state index contributed by atoms with van der Waals surface area (Å²) in [5, 5.41) is 12.2. The third-order valence-corrected chi connectivity index (χ3v) is 4.14. The fourth-order valence-electron chi connectivity index (χ4n) is 1.72. The molecule has 0 aliphatic carbocycles. The quantitative estimate of drug-likeness (QED) is 0.781. The summed E-state index contributed by atoms with van der Waals surface area (Å²) in [6.07, 6.45) is 0. The number of rotatable bonds is 4. The molecular formula is C12H15N3O3S. The molecule has 0 bridgehead atoms. The van der Waals surface area contributed by atoms with Crippen LogP contribution in [0.3, 0.4) is 0 Å². The molecule has 6 nitrogen and oxygen atoms in total. The second-order valence-corrected chi connectivity index (χ2v) is 5.62. The molecule has 0 saturated carbocycles. The second-order valence-electron chi connectivity index (χ2n) is 4.42. The van der Waals surface area contributed by atoms with Crippen molar-refractivity contribution in [3.05, 3.63) is 26.6 Å². The highest BCUT2D eigenvalue weighted by atomic mass is 32.1. The highest BCUT2D eigenvalue weighted by molar-refractivity contribution is 7.18. The van der Waals surface area contributed by atoms with E-state index < -0.39 is 12.0 Å². The van der Waals surface area contributed by atoms with E-state index in [1.165, 1.54) is 11.3 Å². The number of carbonyl (C=O) groups is 1. The van der Waals surface area contributed by atoms with Gasteiger partial charge >= 0.3 is 5.97 Å². The van der Waals surface area contributed by atoms with Crippen LogP contribution in [0.2, 0.25) is 0 Å². The van der Waals surface area contributed by atoms with Gasteiger partial charge in [0.05, 0.1) is 11.9 Å². The van der Waals surface area contributed by atoms with Gasteiger partial charge in [0, 0.05) is 4.88 Å². The summed E-state index contributed by atoms with van der Waals surface area (Å²) in [7, 11) is 0. The molecule has 2 heterocycles. The number of aryl methyl sites for hydroxylation is 2. The van der Waals surface area contributed by atoms with Crippen LogP contribution in [0.4, 0.5) is 0 Å². The molecule has 0 aliphatic rings. The van der Waals surface area contributed by atoms with Crippen LogP contribution in [0.15, 0.2) is 4.79 Å². The van der Waals surface area contributed by atoms with Crippen molar-refractivity contribution < 1.29 is 9.90 Å². The van der Waals surface area contributed by atoms with Crippen LogP contribution in [-0.4, -0.2) is 27.1 Å². The van der Waals surface area contributed by atoms with E-state index in [4.69, 9.17) is 5.11 Å². The predicted molar refractivity (Wildman–Crippen MR) is 73.7 cm³/mol. The van der Waals surface area contributed by atoms with E-state index >= 15 is 0 Å². The Kier molecular flexibility index (Phi) is 3.68. The summed E-state index contributed by atoms with van der Waals surface area (Å²) in [5.41, 5.74) is 0.777. The lowest BCUT2D eigenvalue weighted by molar-refractivity contribution is -0.139. The number of aliphatic carboxylic acids is 1. The number of H-pyrrole nitrogens is 1. The minimum Gasteiger partial charge on any atom is -0.480 e. The van der Waals surface area contributed by atoms with E-state index in [0.29, 0.717) is 16.0 Å². The molecule has 2 aromatic rings. The zero-order valence-corrected chi connectivity index (χ0v) is 11.7. The number of thiophene rings is 1. The van der Waals surface area contributed by atoms with E-state index in [0.717, 1.165) is 10.4 Å². The number of nitrogens with one attached hydrogen (secondary N) is 2. The Hall–Kier alpha value is -1.73. The fourth-order valence-corrected chi connectivity index (χ4v) is 2.77. The summed E-state index contributed by atoms with van der Waals surface area (Å²) < 4.78 is 0. The number of aromatic amines is 1. The zero-order valence-electron chi connectivity index (χ0n) is 10.9. The van der Waals surface area contributed by atoms with Crippen molar-refractivity contribution in [2.75, 3.05) is 0 Å². The van der Waals surface area contributed by atoms with E-state index in [2.05, 4.69) is 15.3 Å². The first-order valence-corrected chi connectivity index (χ1v) is 6.67. The first kappa shape index (κ1) is 13.7. The molecule has 0 amide bonds. The van der Waals surface area contributed by atoms with Crippen molar-refractivity contribution in [1.29, 1.82) is 0 Å². The van der Waals surface area contributed by atoms with E-state index in [9.17, 15) is 9.59 Å². The van der Waals surface area contributed by atoms with Gasteiger partial charge in [-0.3, -0.25) is 14.9 Å². The van der Waals surface area contributed by atoms with Crippen LogP contribution in [0, 0.1) is 13.8 Å². The molecule has 3 N–H and O–H groups in total. The minimum atomic E-state index is -0.939. The number of hydrogen-bond acceptors (Lipinski definition) is 5. The maximum Gasteiger partial charge on any atom is 0.320 e. The average Bonchev–Trinajstić information content (AvgIpc) is 2.62. The zero-order chi connectivity index (χ0) is 14.2. The lowest BCUT2D eigenvalue weighted by Gasteiger charge is -2.08. The molecule has 0 fully saturated rings. The van der Waals surface area contributed by atoms with E-state index in [1.54, 1.807) is 6.92 Å². The third kappa shape index (κ3) is 2.66. The standard InChI is InChI=1S/C12H15N3O3S/c1-5-7(3)19-11-9(5)10(16)14-8(15-11)4-13-6(2)12(17)18/h6,13H,4H2,1-3H3,(H,17,18)(H,14,15,16)/t6-/m0/s1. The average molecular weight is 281 g/mol. The van der Waals surface area contributed by atoms with Crippen LogP contribution in [0.1, 0.15) is 23.2 Å². The van der Waals surface area contributed by atoms with Crippen molar-refractivity contribution in [2.45, 2.75) is 33.4 Å². The third-order valence-electron chi connectivity index (χ3n) is 3.03. The van der Waals surface area contributed by atoms with Crippen LogP contribution >= 0.6 is 11.3 Å². The van der Waals surface area contributed by atoms with Gasteiger partial charge in [0.1, 0.15) is 16.7 Å². The highest BCUT2D eigenvalue weighted by Crippen LogP contribution is 2.25. The molecule has 0 aliphatic heterocycles. The normalized spacial score (nSPS) is 12.8. The number of nitrogens with zero attached hydrogens (tertiary/aromatic N) is 1. The lowest BCUT2D eigenvalue weighted by atomic mass is 10.2. The van der Waals surface area contributed by atoms with Gasteiger partial charge in [0.25, 0.3) is 5.56 Å². The molecule has 0 unspecified atom stereocenters. The Balaban J connectivity index is 2.31. The summed E-state index contributed by atoms with van der Waals surface area (Å²) >= 11 is 1.47. The second kappa shape index (κ2) is 5.10. The Morgan fingerprint density at radius 2 is 2.21 bits per heavy atom. The SMILES string of the molecule is Cc1sc2nc(CN[C@@H](C)C(=O)O)[nH]c(=O)c2c1C. The van der Waals surface area contributed by atoms with Crippen LogP contribution in [0.5, 0.6) is 0 Å². The minimum absolute atomic E-state index is 0.174. The van der Waals surface area contributed by atoms with Gasteiger partial charge < -0.3 is 10.1 Å². The number of carboxylic acids is 1. The van der Waals surface area contributed by atoms with Gasteiger partial charge in [-0.05, 0) is 26.3 Å². The summed E-state index contributed by atoms with van der Waals surface area (Å²) in [5.74, 6) is -0.488. The van der Waals surface area contributed by atoms with Crippen LogP contribution in [0.25, 0.3) is 10.2 Å². The smallest absolute Gasteiger partial charge is 0.320 e.